The van der Waals surface area contributed by atoms with Crippen molar-refractivity contribution in [2.75, 3.05) is 19.6 Å². The van der Waals surface area contributed by atoms with Crippen LogP contribution in [0, 0.1) is 0 Å². The van der Waals surface area contributed by atoms with Gasteiger partial charge in [-0.2, -0.15) is 0 Å². The highest BCUT2D eigenvalue weighted by molar-refractivity contribution is 5.85. The molecule has 100 valence electrons. The van der Waals surface area contributed by atoms with Gasteiger partial charge in [0.2, 0.25) is 0 Å². The third-order valence-corrected chi connectivity index (χ3v) is 3.22. The summed E-state index contributed by atoms with van der Waals surface area (Å²) in [6.07, 6.45) is 11.4. The van der Waals surface area contributed by atoms with Gasteiger partial charge in [-0.15, -0.1) is 12.4 Å². The Hall–Kier alpha value is 0.250. The third kappa shape index (κ3) is 12.3. The molecular formula is C14H32ClN. The molecule has 0 saturated carbocycles. The summed E-state index contributed by atoms with van der Waals surface area (Å²) in [5.74, 6) is 0. The van der Waals surface area contributed by atoms with Gasteiger partial charge in [0.15, 0.2) is 0 Å². The van der Waals surface area contributed by atoms with E-state index in [9.17, 15) is 0 Å². The van der Waals surface area contributed by atoms with Gasteiger partial charge in [0.1, 0.15) is 0 Å². The molecule has 0 unspecified atom stereocenters. The third-order valence-electron chi connectivity index (χ3n) is 3.22. The zero-order valence-corrected chi connectivity index (χ0v) is 12.5. The average molecular weight is 250 g/mol. The fourth-order valence-electron chi connectivity index (χ4n) is 2.01. The molecule has 0 saturated heterocycles. The van der Waals surface area contributed by atoms with Crippen molar-refractivity contribution in [2.24, 2.45) is 0 Å². The van der Waals surface area contributed by atoms with E-state index in [1.54, 1.807) is 0 Å². The van der Waals surface area contributed by atoms with Crippen LogP contribution in [0.25, 0.3) is 0 Å². The summed E-state index contributed by atoms with van der Waals surface area (Å²) in [5.41, 5.74) is 0. The number of halogens is 1. The summed E-state index contributed by atoms with van der Waals surface area (Å²) < 4.78 is 0. The Morgan fingerprint density at radius 2 is 1.06 bits per heavy atom. The number of rotatable bonds is 11. The predicted octanol–water partition coefficient (Wildman–Crippen LogP) is 4.89. The van der Waals surface area contributed by atoms with E-state index >= 15 is 0 Å². The minimum absolute atomic E-state index is 0. The molecule has 0 fully saturated rings. The fraction of sp³-hybridized carbons (Fsp3) is 1.00. The average Bonchev–Trinajstić information content (AvgIpc) is 2.27. The molecule has 0 radical (unpaired) electrons. The maximum Gasteiger partial charge on any atom is -0.00190 e. The lowest BCUT2D eigenvalue weighted by Crippen LogP contribution is -2.23. The first-order chi connectivity index (χ1) is 7.35. The second-order valence-corrected chi connectivity index (χ2v) is 4.50. The van der Waals surface area contributed by atoms with E-state index in [0.29, 0.717) is 0 Å². The number of unbranched alkanes of at least 4 members (excludes halogenated alkanes) is 7. The van der Waals surface area contributed by atoms with Gasteiger partial charge in [0.25, 0.3) is 0 Å². The second kappa shape index (κ2) is 15.2. The molecule has 0 amide bonds. The number of hydrogen-bond donors (Lipinski definition) is 0. The molecule has 0 spiro atoms. The molecule has 0 aromatic carbocycles. The summed E-state index contributed by atoms with van der Waals surface area (Å²) in [6, 6.07) is 0. The van der Waals surface area contributed by atoms with Crippen LogP contribution in [0.15, 0.2) is 0 Å². The second-order valence-electron chi connectivity index (χ2n) is 4.50. The molecular weight excluding hydrogens is 218 g/mol. The summed E-state index contributed by atoms with van der Waals surface area (Å²) in [7, 11) is 0. The van der Waals surface area contributed by atoms with E-state index in [4.69, 9.17) is 0 Å². The van der Waals surface area contributed by atoms with Crippen molar-refractivity contribution in [3.63, 3.8) is 0 Å². The highest BCUT2D eigenvalue weighted by Crippen LogP contribution is 2.08. The number of hydrogen-bond acceptors (Lipinski definition) is 1. The van der Waals surface area contributed by atoms with Gasteiger partial charge in [0, 0.05) is 0 Å². The minimum Gasteiger partial charge on any atom is -0.304 e. The first kappa shape index (κ1) is 18.6. The predicted molar refractivity (Wildman–Crippen MR) is 77.6 cm³/mol. The Kier molecular flexibility index (Phi) is 17.7. The Bertz CT molecular complexity index is 113. The largest absolute Gasteiger partial charge is 0.304 e. The van der Waals surface area contributed by atoms with Crippen LogP contribution in [0.2, 0.25) is 0 Å². The van der Waals surface area contributed by atoms with Crippen molar-refractivity contribution < 1.29 is 0 Å². The molecule has 0 heterocycles. The standard InChI is InChI=1S/C14H31N.ClH/c1-4-7-8-9-10-11-12-13-14-15(5-2)6-3;/h4-14H2,1-3H3;1H. The lowest BCUT2D eigenvalue weighted by atomic mass is 10.1. The van der Waals surface area contributed by atoms with Crippen LogP contribution in [-0.2, 0) is 0 Å². The van der Waals surface area contributed by atoms with Crippen LogP contribution in [0.5, 0.6) is 0 Å². The molecule has 0 rings (SSSR count). The first-order valence-corrected chi connectivity index (χ1v) is 7.07. The van der Waals surface area contributed by atoms with Crippen molar-refractivity contribution in [3.8, 4) is 0 Å². The van der Waals surface area contributed by atoms with Crippen molar-refractivity contribution >= 4 is 12.4 Å². The van der Waals surface area contributed by atoms with E-state index in [0.717, 1.165) is 0 Å². The fourth-order valence-corrected chi connectivity index (χ4v) is 2.01. The SMILES string of the molecule is CCCCCCCCCCN(CC)CC.Cl. The minimum atomic E-state index is 0. The van der Waals surface area contributed by atoms with E-state index in [-0.39, 0.29) is 12.4 Å². The number of nitrogens with zero attached hydrogens (tertiary/aromatic N) is 1. The zero-order valence-electron chi connectivity index (χ0n) is 11.6. The maximum absolute atomic E-state index is 2.52. The van der Waals surface area contributed by atoms with Crippen molar-refractivity contribution in [1.29, 1.82) is 0 Å². The molecule has 0 aliphatic rings. The molecule has 0 aromatic heterocycles. The van der Waals surface area contributed by atoms with Gasteiger partial charge in [-0.05, 0) is 26.1 Å². The first-order valence-electron chi connectivity index (χ1n) is 7.07. The molecule has 0 aliphatic carbocycles. The van der Waals surface area contributed by atoms with E-state index in [1.165, 1.54) is 71.0 Å². The van der Waals surface area contributed by atoms with Gasteiger partial charge < -0.3 is 4.90 Å². The van der Waals surface area contributed by atoms with Crippen LogP contribution >= 0.6 is 12.4 Å². The molecule has 0 atom stereocenters. The van der Waals surface area contributed by atoms with Crippen LogP contribution in [0.4, 0.5) is 0 Å². The topological polar surface area (TPSA) is 3.24 Å². The summed E-state index contributed by atoms with van der Waals surface area (Å²) in [4.78, 5) is 2.52. The molecule has 0 N–H and O–H groups in total. The lowest BCUT2D eigenvalue weighted by molar-refractivity contribution is 0.295. The molecule has 0 aliphatic heterocycles. The lowest BCUT2D eigenvalue weighted by Gasteiger charge is -2.17. The van der Waals surface area contributed by atoms with Gasteiger partial charge >= 0.3 is 0 Å². The van der Waals surface area contributed by atoms with Gasteiger partial charge in [0.05, 0.1) is 0 Å². The van der Waals surface area contributed by atoms with Gasteiger partial charge in [-0.3, -0.25) is 0 Å². The normalized spacial score (nSPS) is 10.5. The van der Waals surface area contributed by atoms with Gasteiger partial charge in [-0.1, -0.05) is 65.7 Å². The van der Waals surface area contributed by atoms with Crippen molar-refractivity contribution in [2.45, 2.75) is 72.1 Å². The Balaban J connectivity index is 0. The van der Waals surface area contributed by atoms with Crippen LogP contribution < -0.4 is 0 Å². The molecule has 16 heavy (non-hydrogen) atoms. The highest BCUT2D eigenvalue weighted by Gasteiger charge is 1.97. The Morgan fingerprint density at radius 1 is 0.625 bits per heavy atom. The van der Waals surface area contributed by atoms with Crippen molar-refractivity contribution in [3.05, 3.63) is 0 Å². The van der Waals surface area contributed by atoms with E-state index in [2.05, 4.69) is 25.7 Å². The van der Waals surface area contributed by atoms with Crippen LogP contribution in [-0.4, -0.2) is 24.5 Å². The monoisotopic (exact) mass is 249 g/mol. The summed E-state index contributed by atoms with van der Waals surface area (Å²) in [5, 5.41) is 0. The Labute approximate surface area is 109 Å². The molecule has 0 aromatic rings. The molecule has 2 heteroatoms. The summed E-state index contributed by atoms with van der Waals surface area (Å²) in [6.45, 7) is 10.5. The highest BCUT2D eigenvalue weighted by atomic mass is 35.5. The van der Waals surface area contributed by atoms with E-state index in [1.807, 2.05) is 0 Å². The van der Waals surface area contributed by atoms with Crippen molar-refractivity contribution in [1.82, 2.24) is 4.90 Å². The molecule has 0 bridgehead atoms. The molecule has 1 nitrogen and oxygen atoms in total. The van der Waals surface area contributed by atoms with E-state index < -0.39 is 0 Å². The van der Waals surface area contributed by atoms with Crippen LogP contribution in [0.3, 0.4) is 0 Å². The maximum atomic E-state index is 2.52. The summed E-state index contributed by atoms with van der Waals surface area (Å²) >= 11 is 0. The quantitative estimate of drug-likeness (QED) is 0.471. The smallest absolute Gasteiger partial charge is 0.00190 e. The Morgan fingerprint density at radius 3 is 1.50 bits per heavy atom. The zero-order chi connectivity index (χ0) is 11.4. The van der Waals surface area contributed by atoms with Crippen LogP contribution in [0.1, 0.15) is 72.1 Å². The van der Waals surface area contributed by atoms with Gasteiger partial charge in [-0.25, -0.2) is 0 Å².